The van der Waals surface area contributed by atoms with Crippen LogP contribution in [0.3, 0.4) is 0 Å². The fourth-order valence-electron chi connectivity index (χ4n) is 7.30. The first kappa shape index (κ1) is 53.4. The molecule has 1 unspecified atom stereocenters. The summed E-state index contributed by atoms with van der Waals surface area (Å²) in [7, 11) is 0. The Kier molecular flexibility index (Phi) is 42.3. The second-order valence-corrected chi connectivity index (χ2v) is 17.0. The van der Waals surface area contributed by atoms with E-state index in [9.17, 15) is 14.4 Å². The lowest BCUT2D eigenvalue weighted by atomic mass is 9.99. The van der Waals surface area contributed by atoms with Crippen molar-refractivity contribution in [1.82, 2.24) is 0 Å². The van der Waals surface area contributed by atoms with Gasteiger partial charge < -0.3 is 14.2 Å². The molecule has 55 heavy (non-hydrogen) atoms. The van der Waals surface area contributed by atoms with Crippen LogP contribution in [0.25, 0.3) is 0 Å². The summed E-state index contributed by atoms with van der Waals surface area (Å²) in [6.07, 6.45) is 43.7. The summed E-state index contributed by atoms with van der Waals surface area (Å²) in [5, 5.41) is 0. The highest BCUT2D eigenvalue weighted by Crippen LogP contribution is 2.17. The van der Waals surface area contributed by atoms with Crippen LogP contribution in [0, 0.1) is 5.92 Å². The van der Waals surface area contributed by atoms with Crippen LogP contribution in [-0.2, 0) is 28.6 Å². The molecule has 0 aliphatic carbocycles. The summed E-state index contributed by atoms with van der Waals surface area (Å²) in [4.78, 5) is 37.8. The molecule has 0 saturated heterocycles. The van der Waals surface area contributed by atoms with E-state index in [4.69, 9.17) is 14.2 Å². The topological polar surface area (TPSA) is 78.9 Å². The van der Waals surface area contributed by atoms with Crippen LogP contribution in [0.1, 0.15) is 272 Å². The molecule has 326 valence electrons. The van der Waals surface area contributed by atoms with Crippen LogP contribution >= 0.6 is 0 Å². The lowest BCUT2D eigenvalue weighted by Gasteiger charge is -2.18. The molecule has 0 aromatic rings. The van der Waals surface area contributed by atoms with Crippen molar-refractivity contribution in [2.24, 2.45) is 5.92 Å². The van der Waals surface area contributed by atoms with Crippen molar-refractivity contribution in [2.45, 2.75) is 278 Å². The van der Waals surface area contributed by atoms with Gasteiger partial charge in [0.1, 0.15) is 13.2 Å². The van der Waals surface area contributed by atoms with Gasteiger partial charge in [-0.05, 0) is 25.2 Å². The number of rotatable bonds is 44. The molecular weight excluding hydrogens is 685 g/mol. The van der Waals surface area contributed by atoms with Crippen LogP contribution in [0.15, 0.2) is 0 Å². The first-order valence-corrected chi connectivity index (χ1v) is 24.4. The summed E-state index contributed by atoms with van der Waals surface area (Å²) in [6, 6.07) is 0. The number of carbonyl (C=O) groups excluding carboxylic acids is 3. The van der Waals surface area contributed by atoms with Crippen molar-refractivity contribution in [3.63, 3.8) is 0 Å². The predicted molar refractivity (Wildman–Crippen MR) is 233 cm³/mol. The summed E-state index contributed by atoms with van der Waals surface area (Å²) < 4.78 is 16.7. The highest BCUT2D eigenvalue weighted by Gasteiger charge is 2.19. The van der Waals surface area contributed by atoms with E-state index in [0.29, 0.717) is 19.3 Å². The highest BCUT2D eigenvalue weighted by atomic mass is 16.6. The minimum absolute atomic E-state index is 0.0639. The normalized spacial score (nSPS) is 12.4. The molecule has 0 aromatic carbocycles. The number of ether oxygens (including phenoxy) is 3. The molecule has 6 nitrogen and oxygen atoms in total. The third kappa shape index (κ3) is 41.9. The van der Waals surface area contributed by atoms with Crippen molar-refractivity contribution in [3.8, 4) is 0 Å². The molecule has 0 aliphatic rings. The van der Waals surface area contributed by atoms with Crippen molar-refractivity contribution in [3.05, 3.63) is 0 Å². The third-order valence-corrected chi connectivity index (χ3v) is 11.4. The zero-order valence-corrected chi connectivity index (χ0v) is 37.4. The molecule has 6 heteroatoms. The van der Waals surface area contributed by atoms with Crippen LogP contribution in [0.4, 0.5) is 0 Å². The monoisotopic (exact) mass is 779 g/mol. The quantitative estimate of drug-likeness (QED) is 0.0348. The van der Waals surface area contributed by atoms with E-state index in [1.807, 2.05) is 0 Å². The van der Waals surface area contributed by atoms with E-state index < -0.39 is 6.10 Å². The van der Waals surface area contributed by atoms with Crippen molar-refractivity contribution >= 4 is 17.9 Å². The highest BCUT2D eigenvalue weighted by molar-refractivity contribution is 5.71. The fourth-order valence-corrected chi connectivity index (χ4v) is 7.30. The second kappa shape index (κ2) is 43.5. The lowest BCUT2D eigenvalue weighted by Crippen LogP contribution is -2.30. The number of esters is 3. The fraction of sp³-hybridized carbons (Fsp3) is 0.939. The number of carbonyl (C=O) groups is 3. The Bertz CT molecular complexity index is 828. The summed E-state index contributed by atoms with van der Waals surface area (Å²) in [5.74, 6) is -0.00477. The Morgan fingerprint density at radius 3 is 0.945 bits per heavy atom. The zero-order chi connectivity index (χ0) is 40.3. The maximum Gasteiger partial charge on any atom is 0.306 e. The van der Waals surface area contributed by atoms with E-state index in [2.05, 4.69) is 27.7 Å². The number of hydrogen-bond acceptors (Lipinski definition) is 6. The first-order chi connectivity index (χ1) is 26.9. The van der Waals surface area contributed by atoms with Gasteiger partial charge in [0.2, 0.25) is 0 Å². The van der Waals surface area contributed by atoms with Crippen molar-refractivity contribution in [1.29, 1.82) is 0 Å². The van der Waals surface area contributed by atoms with Gasteiger partial charge in [-0.2, -0.15) is 0 Å². The van der Waals surface area contributed by atoms with Gasteiger partial charge in [-0.3, -0.25) is 14.4 Å². The Balaban J connectivity index is 4.29. The maximum atomic E-state index is 12.7. The smallest absolute Gasteiger partial charge is 0.306 e. The predicted octanol–water partition coefficient (Wildman–Crippen LogP) is 15.5. The molecule has 0 rings (SSSR count). The molecule has 0 amide bonds. The summed E-state index contributed by atoms with van der Waals surface area (Å²) in [6.45, 7) is 9.00. The second-order valence-electron chi connectivity index (χ2n) is 17.0. The zero-order valence-electron chi connectivity index (χ0n) is 37.4. The van der Waals surface area contributed by atoms with Gasteiger partial charge in [0.05, 0.1) is 0 Å². The summed E-state index contributed by atoms with van der Waals surface area (Å²) >= 11 is 0. The van der Waals surface area contributed by atoms with Gasteiger partial charge in [-0.15, -0.1) is 0 Å². The van der Waals surface area contributed by atoms with Crippen molar-refractivity contribution < 1.29 is 28.6 Å². The molecule has 0 fully saturated rings. The SMILES string of the molecule is CCCCCCCCCCCCCCCCCCC(=O)O[C@@H](COC(=O)CCCCCCCCCCC)COC(=O)CCCCCCCCCCC(C)CC. The van der Waals surface area contributed by atoms with Gasteiger partial charge in [0.15, 0.2) is 6.10 Å². The molecule has 0 N–H and O–H groups in total. The molecular formula is C49H94O6. The molecule has 0 saturated carbocycles. The van der Waals surface area contributed by atoms with Gasteiger partial charge in [-0.1, -0.05) is 233 Å². The Morgan fingerprint density at radius 1 is 0.364 bits per heavy atom. The largest absolute Gasteiger partial charge is 0.462 e. The van der Waals surface area contributed by atoms with Crippen molar-refractivity contribution in [2.75, 3.05) is 13.2 Å². The number of unbranched alkanes of at least 4 members (excludes halogenated alkanes) is 30. The molecule has 0 heterocycles. The minimum Gasteiger partial charge on any atom is -0.462 e. The molecule has 0 spiro atoms. The van der Waals surface area contributed by atoms with Crippen LogP contribution in [0.2, 0.25) is 0 Å². The van der Waals surface area contributed by atoms with Gasteiger partial charge in [0, 0.05) is 19.3 Å². The lowest BCUT2D eigenvalue weighted by molar-refractivity contribution is -0.167. The minimum atomic E-state index is -0.759. The van der Waals surface area contributed by atoms with E-state index in [1.54, 1.807) is 0 Å². The van der Waals surface area contributed by atoms with Gasteiger partial charge in [0.25, 0.3) is 0 Å². The molecule has 0 aromatic heterocycles. The van der Waals surface area contributed by atoms with Crippen LogP contribution < -0.4 is 0 Å². The van der Waals surface area contributed by atoms with E-state index in [-0.39, 0.29) is 31.1 Å². The van der Waals surface area contributed by atoms with Crippen LogP contribution in [0.5, 0.6) is 0 Å². The standard InChI is InChI=1S/C49H94O6/c1-5-8-10-12-14-16-17-18-19-20-21-22-24-30-34-38-42-49(52)55-46(43-53-47(50)40-36-32-28-23-15-13-11-9-6-2)44-54-48(51)41-37-33-29-26-25-27-31-35-39-45(4)7-3/h45-46H,5-44H2,1-4H3/t45?,46-/m0/s1. The maximum absolute atomic E-state index is 12.7. The van der Waals surface area contributed by atoms with Gasteiger partial charge in [-0.25, -0.2) is 0 Å². The molecule has 0 aliphatic heterocycles. The van der Waals surface area contributed by atoms with Crippen LogP contribution in [-0.4, -0.2) is 37.2 Å². The van der Waals surface area contributed by atoms with Gasteiger partial charge >= 0.3 is 17.9 Å². The molecule has 0 radical (unpaired) electrons. The van der Waals surface area contributed by atoms with E-state index in [0.717, 1.165) is 63.7 Å². The third-order valence-electron chi connectivity index (χ3n) is 11.4. The Hall–Kier alpha value is -1.59. The molecule has 0 bridgehead atoms. The van der Waals surface area contributed by atoms with E-state index >= 15 is 0 Å². The Morgan fingerprint density at radius 2 is 0.636 bits per heavy atom. The average molecular weight is 779 g/mol. The Labute approximate surface area is 342 Å². The van der Waals surface area contributed by atoms with E-state index in [1.165, 1.54) is 167 Å². The summed E-state index contributed by atoms with van der Waals surface area (Å²) in [5.41, 5.74) is 0. The number of hydrogen-bond donors (Lipinski definition) is 0. The average Bonchev–Trinajstić information content (AvgIpc) is 3.18. The molecule has 2 atom stereocenters. The first-order valence-electron chi connectivity index (χ1n) is 24.4.